The highest BCUT2D eigenvalue weighted by Gasteiger charge is 2.36. The molecule has 0 aromatic carbocycles. The molecule has 2 heterocycles. The molecule has 0 bridgehead atoms. The van der Waals surface area contributed by atoms with E-state index in [2.05, 4.69) is 5.32 Å². The first kappa shape index (κ1) is 6.16. The molecule has 2 atom stereocenters. The molecule has 0 spiro atoms. The van der Waals surface area contributed by atoms with Crippen molar-refractivity contribution >= 4 is 6.41 Å². The molecular formula is C7H12N2O. The first-order valence-corrected chi connectivity index (χ1v) is 3.86. The summed E-state index contributed by atoms with van der Waals surface area (Å²) in [6, 6.07) is 0. The number of hydrogen-bond acceptors (Lipinski definition) is 2. The molecule has 3 heteroatoms. The lowest BCUT2D eigenvalue weighted by atomic mass is 10.1. The van der Waals surface area contributed by atoms with Crippen molar-refractivity contribution in [1.82, 2.24) is 10.2 Å². The van der Waals surface area contributed by atoms with E-state index in [-0.39, 0.29) is 0 Å². The van der Waals surface area contributed by atoms with Crippen LogP contribution in [0.25, 0.3) is 0 Å². The topological polar surface area (TPSA) is 32.3 Å². The zero-order valence-corrected chi connectivity index (χ0v) is 5.92. The summed E-state index contributed by atoms with van der Waals surface area (Å²) < 4.78 is 0. The summed E-state index contributed by atoms with van der Waals surface area (Å²) in [4.78, 5) is 12.3. The number of fused-ring (bicyclic) bond motifs is 1. The van der Waals surface area contributed by atoms with E-state index in [1.807, 2.05) is 4.90 Å². The maximum atomic E-state index is 10.4. The summed E-state index contributed by atoms with van der Waals surface area (Å²) in [5.74, 6) is 0.741. The Balaban J connectivity index is 2.07. The summed E-state index contributed by atoms with van der Waals surface area (Å²) in [6.45, 7) is 2.03. The summed E-state index contributed by atoms with van der Waals surface area (Å²) in [5, 5.41) is 3.31. The fraction of sp³-hybridized carbons (Fsp3) is 0.857. The van der Waals surface area contributed by atoms with Crippen molar-refractivity contribution in [3.8, 4) is 0 Å². The molecule has 2 aliphatic rings. The van der Waals surface area contributed by atoms with Gasteiger partial charge in [-0.25, -0.2) is 0 Å². The van der Waals surface area contributed by atoms with Crippen LogP contribution in [0.4, 0.5) is 0 Å². The van der Waals surface area contributed by atoms with Gasteiger partial charge in [0.15, 0.2) is 0 Å². The largest absolute Gasteiger partial charge is 0.329 e. The molecule has 2 fully saturated rings. The molecular weight excluding hydrogens is 128 g/mol. The number of carbonyl (C=O) groups excluding carboxylic acids is 1. The van der Waals surface area contributed by atoms with E-state index in [4.69, 9.17) is 0 Å². The molecule has 10 heavy (non-hydrogen) atoms. The molecule has 0 aliphatic carbocycles. The highest BCUT2D eigenvalue weighted by molar-refractivity contribution is 5.48. The Bertz CT molecular complexity index is 149. The van der Waals surface area contributed by atoms with Crippen LogP contribution in [0.1, 0.15) is 12.8 Å². The highest BCUT2D eigenvalue weighted by atomic mass is 16.1. The van der Waals surface area contributed by atoms with Crippen molar-refractivity contribution < 1.29 is 4.79 Å². The Hall–Kier alpha value is -0.570. The first-order valence-electron chi connectivity index (χ1n) is 3.86. The lowest BCUT2D eigenvalue weighted by molar-refractivity contribution is -0.119. The molecule has 2 unspecified atom stereocenters. The Labute approximate surface area is 60.4 Å². The summed E-state index contributed by atoms with van der Waals surface area (Å²) in [5.41, 5.74) is 0. The normalized spacial score (nSPS) is 38.2. The van der Waals surface area contributed by atoms with Crippen molar-refractivity contribution in [2.24, 2.45) is 5.92 Å². The van der Waals surface area contributed by atoms with Gasteiger partial charge in [-0.15, -0.1) is 0 Å². The maximum absolute atomic E-state index is 10.4. The van der Waals surface area contributed by atoms with Gasteiger partial charge in [-0.3, -0.25) is 10.1 Å². The molecule has 2 rings (SSSR count). The highest BCUT2D eigenvalue weighted by Crippen LogP contribution is 2.27. The van der Waals surface area contributed by atoms with E-state index in [9.17, 15) is 4.79 Å². The number of rotatable bonds is 1. The fourth-order valence-electron chi connectivity index (χ4n) is 2.00. The van der Waals surface area contributed by atoms with Crippen LogP contribution in [-0.2, 0) is 4.79 Å². The van der Waals surface area contributed by atoms with Crippen molar-refractivity contribution in [2.75, 3.05) is 13.1 Å². The first-order chi connectivity index (χ1) is 4.92. The van der Waals surface area contributed by atoms with Crippen molar-refractivity contribution in [3.05, 3.63) is 0 Å². The lowest BCUT2D eigenvalue weighted by Gasteiger charge is -2.18. The number of nitrogens with one attached hydrogen (secondary N) is 1. The third-order valence-corrected chi connectivity index (χ3v) is 2.57. The fourth-order valence-corrected chi connectivity index (χ4v) is 2.00. The molecule has 56 valence electrons. The second-order valence-electron chi connectivity index (χ2n) is 3.08. The van der Waals surface area contributed by atoms with Crippen LogP contribution >= 0.6 is 0 Å². The monoisotopic (exact) mass is 140 g/mol. The molecule has 2 saturated heterocycles. The van der Waals surface area contributed by atoms with E-state index in [1.54, 1.807) is 0 Å². The number of likely N-dealkylation sites (tertiary alicyclic amines) is 1. The SMILES string of the molecule is O=CN1CCC2CCNC21. The van der Waals surface area contributed by atoms with E-state index >= 15 is 0 Å². The average molecular weight is 140 g/mol. The molecule has 0 aromatic heterocycles. The van der Waals surface area contributed by atoms with E-state index in [0.717, 1.165) is 25.4 Å². The minimum absolute atomic E-state index is 0.373. The predicted molar refractivity (Wildman–Crippen MR) is 37.3 cm³/mol. The maximum Gasteiger partial charge on any atom is 0.210 e. The second-order valence-corrected chi connectivity index (χ2v) is 3.08. The van der Waals surface area contributed by atoms with Crippen LogP contribution in [0.5, 0.6) is 0 Å². The van der Waals surface area contributed by atoms with Gasteiger partial charge < -0.3 is 4.90 Å². The van der Waals surface area contributed by atoms with Crippen molar-refractivity contribution in [2.45, 2.75) is 19.0 Å². The Morgan fingerprint density at radius 3 is 3.20 bits per heavy atom. The van der Waals surface area contributed by atoms with Crippen LogP contribution < -0.4 is 5.32 Å². The standard InChI is InChI=1S/C7H12N2O/c10-5-9-4-2-6-1-3-8-7(6)9/h5-8H,1-4H2. The number of amides is 1. The van der Waals surface area contributed by atoms with Gasteiger partial charge in [0.1, 0.15) is 0 Å². The number of hydrogen-bond donors (Lipinski definition) is 1. The van der Waals surface area contributed by atoms with E-state index < -0.39 is 0 Å². The van der Waals surface area contributed by atoms with Gasteiger partial charge in [0.2, 0.25) is 6.41 Å². The van der Waals surface area contributed by atoms with Gasteiger partial charge in [-0.05, 0) is 25.3 Å². The van der Waals surface area contributed by atoms with Gasteiger partial charge in [-0.2, -0.15) is 0 Å². The molecule has 0 radical (unpaired) electrons. The minimum Gasteiger partial charge on any atom is -0.329 e. The summed E-state index contributed by atoms with van der Waals surface area (Å²) in [6.07, 6.45) is 3.77. The van der Waals surface area contributed by atoms with Crippen LogP contribution in [0, 0.1) is 5.92 Å². The van der Waals surface area contributed by atoms with Gasteiger partial charge in [0.05, 0.1) is 6.17 Å². The number of nitrogens with zero attached hydrogens (tertiary/aromatic N) is 1. The van der Waals surface area contributed by atoms with Crippen LogP contribution in [-0.4, -0.2) is 30.6 Å². The molecule has 0 aromatic rings. The molecule has 2 aliphatic heterocycles. The quantitative estimate of drug-likeness (QED) is 0.511. The van der Waals surface area contributed by atoms with Crippen LogP contribution in [0.15, 0.2) is 0 Å². The third-order valence-electron chi connectivity index (χ3n) is 2.57. The predicted octanol–water partition coefficient (Wildman–Crippen LogP) is -0.216. The van der Waals surface area contributed by atoms with Gasteiger partial charge in [0, 0.05) is 6.54 Å². The zero-order chi connectivity index (χ0) is 6.97. The molecule has 0 saturated carbocycles. The Kier molecular flexibility index (Phi) is 1.38. The minimum atomic E-state index is 0.373. The smallest absolute Gasteiger partial charge is 0.210 e. The van der Waals surface area contributed by atoms with Gasteiger partial charge in [-0.1, -0.05) is 0 Å². The molecule has 3 nitrogen and oxygen atoms in total. The van der Waals surface area contributed by atoms with Gasteiger partial charge in [0.25, 0.3) is 0 Å². The van der Waals surface area contributed by atoms with Gasteiger partial charge >= 0.3 is 0 Å². The van der Waals surface area contributed by atoms with E-state index in [1.165, 1.54) is 12.8 Å². The average Bonchev–Trinajstić information content (AvgIpc) is 2.44. The summed E-state index contributed by atoms with van der Waals surface area (Å²) in [7, 11) is 0. The Morgan fingerprint density at radius 2 is 2.40 bits per heavy atom. The van der Waals surface area contributed by atoms with E-state index in [0.29, 0.717) is 6.17 Å². The van der Waals surface area contributed by atoms with Crippen molar-refractivity contribution in [3.63, 3.8) is 0 Å². The number of carbonyl (C=O) groups is 1. The lowest BCUT2D eigenvalue weighted by Crippen LogP contribution is -2.38. The second kappa shape index (κ2) is 2.23. The van der Waals surface area contributed by atoms with Crippen LogP contribution in [0.2, 0.25) is 0 Å². The molecule has 1 N–H and O–H groups in total. The van der Waals surface area contributed by atoms with Crippen LogP contribution in [0.3, 0.4) is 0 Å². The third kappa shape index (κ3) is 0.736. The zero-order valence-electron chi connectivity index (χ0n) is 5.92. The molecule has 1 amide bonds. The Morgan fingerprint density at radius 1 is 1.50 bits per heavy atom. The van der Waals surface area contributed by atoms with Crippen molar-refractivity contribution in [1.29, 1.82) is 0 Å². The summed E-state index contributed by atoms with van der Waals surface area (Å²) >= 11 is 0.